The molecule has 2 aromatic rings. The van der Waals surface area contributed by atoms with E-state index >= 15 is 0 Å². The number of likely N-dealkylation sites (tertiary alicyclic amines) is 1. The Morgan fingerprint density at radius 3 is 2.48 bits per heavy atom. The lowest BCUT2D eigenvalue weighted by molar-refractivity contribution is 0.177. The number of piperidine rings is 1. The Kier molecular flexibility index (Phi) is 5.79. The van der Waals surface area contributed by atoms with Crippen molar-refractivity contribution in [2.24, 2.45) is 11.7 Å². The number of hydrogen-bond acceptors (Lipinski definition) is 3. The Bertz CT molecular complexity index is 532. The van der Waals surface area contributed by atoms with Crippen molar-refractivity contribution in [2.75, 3.05) is 19.6 Å². The SMILES string of the molecule is Cl.NCC1CCN(Cc2ccnn2-c2ccccc2)CC1. The summed E-state index contributed by atoms with van der Waals surface area (Å²) < 4.78 is 2.04. The Balaban J connectivity index is 0.00000161. The largest absolute Gasteiger partial charge is 0.330 e. The molecule has 1 aromatic carbocycles. The van der Waals surface area contributed by atoms with E-state index in [-0.39, 0.29) is 12.4 Å². The molecule has 0 atom stereocenters. The summed E-state index contributed by atoms with van der Waals surface area (Å²) in [6.07, 6.45) is 4.32. The molecule has 0 amide bonds. The lowest BCUT2D eigenvalue weighted by Gasteiger charge is -2.31. The summed E-state index contributed by atoms with van der Waals surface area (Å²) in [4.78, 5) is 2.50. The first-order chi connectivity index (χ1) is 9.86. The highest BCUT2D eigenvalue weighted by Gasteiger charge is 2.19. The van der Waals surface area contributed by atoms with E-state index < -0.39 is 0 Å². The van der Waals surface area contributed by atoms with Crippen LogP contribution in [0.15, 0.2) is 42.6 Å². The zero-order valence-electron chi connectivity index (χ0n) is 12.2. The minimum Gasteiger partial charge on any atom is -0.330 e. The maximum absolute atomic E-state index is 5.75. The van der Waals surface area contributed by atoms with Crippen molar-refractivity contribution in [1.29, 1.82) is 0 Å². The molecule has 1 aromatic heterocycles. The summed E-state index contributed by atoms with van der Waals surface area (Å²) >= 11 is 0. The van der Waals surface area contributed by atoms with E-state index in [0.717, 1.165) is 31.9 Å². The van der Waals surface area contributed by atoms with Gasteiger partial charge in [-0.2, -0.15) is 5.10 Å². The fourth-order valence-corrected chi connectivity index (χ4v) is 2.86. The summed E-state index contributed by atoms with van der Waals surface area (Å²) in [6, 6.07) is 12.4. The molecule has 0 bridgehead atoms. The standard InChI is InChI=1S/C16H22N4.ClH/c17-12-14-7-10-19(11-8-14)13-16-6-9-18-20(16)15-4-2-1-3-5-15;/h1-6,9,14H,7-8,10-13,17H2;1H. The van der Waals surface area contributed by atoms with Gasteiger partial charge in [-0.05, 0) is 56.6 Å². The van der Waals surface area contributed by atoms with Crippen molar-refractivity contribution in [2.45, 2.75) is 19.4 Å². The number of nitrogens with two attached hydrogens (primary N) is 1. The van der Waals surface area contributed by atoms with E-state index in [0.29, 0.717) is 5.92 Å². The highest BCUT2D eigenvalue weighted by atomic mass is 35.5. The number of hydrogen-bond donors (Lipinski definition) is 1. The molecule has 0 unspecified atom stereocenters. The van der Waals surface area contributed by atoms with Crippen LogP contribution in [0.1, 0.15) is 18.5 Å². The molecule has 2 heterocycles. The fourth-order valence-electron chi connectivity index (χ4n) is 2.86. The molecule has 1 aliphatic rings. The molecule has 114 valence electrons. The van der Waals surface area contributed by atoms with Crippen LogP contribution < -0.4 is 5.73 Å². The monoisotopic (exact) mass is 306 g/mol. The maximum Gasteiger partial charge on any atom is 0.0649 e. The number of nitrogens with zero attached hydrogens (tertiary/aromatic N) is 3. The van der Waals surface area contributed by atoms with Crippen LogP contribution in [0.5, 0.6) is 0 Å². The average molecular weight is 307 g/mol. The molecule has 0 radical (unpaired) electrons. The summed E-state index contributed by atoms with van der Waals surface area (Å²) in [5.74, 6) is 0.713. The average Bonchev–Trinajstić information content (AvgIpc) is 2.97. The Labute approximate surface area is 132 Å². The smallest absolute Gasteiger partial charge is 0.0649 e. The van der Waals surface area contributed by atoms with Crippen molar-refractivity contribution in [3.05, 3.63) is 48.3 Å². The first-order valence-electron chi connectivity index (χ1n) is 7.37. The van der Waals surface area contributed by atoms with Crippen LogP contribution in [0.3, 0.4) is 0 Å². The van der Waals surface area contributed by atoms with Gasteiger partial charge in [0.2, 0.25) is 0 Å². The molecule has 1 fully saturated rings. The van der Waals surface area contributed by atoms with Gasteiger partial charge in [0.25, 0.3) is 0 Å². The Hall–Kier alpha value is -1.36. The third-order valence-electron chi connectivity index (χ3n) is 4.15. The van der Waals surface area contributed by atoms with E-state index in [4.69, 9.17) is 5.73 Å². The zero-order chi connectivity index (χ0) is 13.8. The molecule has 2 N–H and O–H groups in total. The van der Waals surface area contributed by atoms with Crippen molar-refractivity contribution >= 4 is 12.4 Å². The molecule has 4 nitrogen and oxygen atoms in total. The Morgan fingerprint density at radius 1 is 1.10 bits per heavy atom. The third kappa shape index (κ3) is 3.84. The minimum absolute atomic E-state index is 0. The second-order valence-electron chi connectivity index (χ2n) is 5.53. The van der Waals surface area contributed by atoms with Gasteiger partial charge in [-0.25, -0.2) is 4.68 Å². The number of halogens is 1. The molecule has 0 spiro atoms. The fraction of sp³-hybridized carbons (Fsp3) is 0.438. The van der Waals surface area contributed by atoms with Crippen molar-refractivity contribution < 1.29 is 0 Å². The predicted molar refractivity (Wildman–Crippen MR) is 87.9 cm³/mol. The van der Waals surface area contributed by atoms with Gasteiger partial charge in [-0.3, -0.25) is 4.90 Å². The number of benzene rings is 1. The molecule has 3 rings (SSSR count). The van der Waals surface area contributed by atoms with E-state index in [1.165, 1.54) is 18.5 Å². The molecule has 0 saturated carbocycles. The van der Waals surface area contributed by atoms with Crippen molar-refractivity contribution in [3.8, 4) is 5.69 Å². The van der Waals surface area contributed by atoms with E-state index in [9.17, 15) is 0 Å². The van der Waals surface area contributed by atoms with Crippen molar-refractivity contribution in [1.82, 2.24) is 14.7 Å². The summed E-state index contributed by atoms with van der Waals surface area (Å²) in [5.41, 5.74) is 8.13. The predicted octanol–water partition coefficient (Wildman–Crippen LogP) is 2.46. The molecule has 1 saturated heterocycles. The first kappa shape index (κ1) is 16.0. The van der Waals surface area contributed by atoms with E-state index in [1.54, 1.807) is 0 Å². The van der Waals surface area contributed by atoms with E-state index in [2.05, 4.69) is 28.2 Å². The third-order valence-corrected chi connectivity index (χ3v) is 4.15. The molecule has 1 aliphatic heterocycles. The van der Waals surface area contributed by atoms with E-state index in [1.807, 2.05) is 29.1 Å². The van der Waals surface area contributed by atoms with Crippen LogP contribution in [0, 0.1) is 5.92 Å². The Morgan fingerprint density at radius 2 is 1.81 bits per heavy atom. The zero-order valence-corrected chi connectivity index (χ0v) is 13.0. The van der Waals surface area contributed by atoms with Crippen LogP contribution in [-0.4, -0.2) is 34.3 Å². The van der Waals surface area contributed by atoms with Gasteiger partial charge in [0.15, 0.2) is 0 Å². The van der Waals surface area contributed by atoms with Crippen LogP contribution >= 0.6 is 12.4 Å². The van der Waals surface area contributed by atoms with Crippen LogP contribution in [-0.2, 0) is 6.54 Å². The number of rotatable bonds is 4. The van der Waals surface area contributed by atoms with Gasteiger partial charge < -0.3 is 5.73 Å². The van der Waals surface area contributed by atoms with Gasteiger partial charge in [0.05, 0.1) is 11.4 Å². The highest BCUT2D eigenvalue weighted by molar-refractivity contribution is 5.85. The van der Waals surface area contributed by atoms with Gasteiger partial charge in [-0.15, -0.1) is 12.4 Å². The van der Waals surface area contributed by atoms with Gasteiger partial charge in [0, 0.05) is 12.7 Å². The number of para-hydroxylation sites is 1. The highest BCUT2D eigenvalue weighted by Crippen LogP contribution is 2.19. The normalized spacial score (nSPS) is 16.6. The summed E-state index contributed by atoms with van der Waals surface area (Å²) in [6.45, 7) is 4.08. The summed E-state index contributed by atoms with van der Waals surface area (Å²) in [7, 11) is 0. The lowest BCUT2D eigenvalue weighted by atomic mass is 9.97. The van der Waals surface area contributed by atoms with Crippen LogP contribution in [0.2, 0.25) is 0 Å². The quantitative estimate of drug-likeness (QED) is 0.944. The van der Waals surface area contributed by atoms with Gasteiger partial charge >= 0.3 is 0 Å². The minimum atomic E-state index is 0. The van der Waals surface area contributed by atoms with Crippen LogP contribution in [0.4, 0.5) is 0 Å². The number of aromatic nitrogens is 2. The second kappa shape index (κ2) is 7.59. The molecular weight excluding hydrogens is 284 g/mol. The molecule has 0 aliphatic carbocycles. The second-order valence-corrected chi connectivity index (χ2v) is 5.53. The lowest BCUT2D eigenvalue weighted by Crippen LogP contribution is -2.36. The molecule has 21 heavy (non-hydrogen) atoms. The van der Waals surface area contributed by atoms with Gasteiger partial charge in [-0.1, -0.05) is 18.2 Å². The maximum atomic E-state index is 5.75. The topological polar surface area (TPSA) is 47.1 Å². The van der Waals surface area contributed by atoms with Crippen LogP contribution in [0.25, 0.3) is 5.69 Å². The van der Waals surface area contributed by atoms with Crippen molar-refractivity contribution in [3.63, 3.8) is 0 Å². The summed E-state index contributed by atoms with van der Waals surface area (Å²) in [5, 5.41) is 4.45. The first-order valence-corrected chi connectivity index (χ1v) is 7.37. The molecule has 5 heteroatoms. The molecular formula is C16H23ClN4. The van der Waals surface area contributed by atoms with Gasteiger partial charge in [0.1, 0.15) is 0 Å².